The number of aromatic nitrogens is 2. The van der Waals surface area contributed by atoms with Gasteiger partial charge in [0.1, 0.15) is 18.1 Å². The van der Waals surface area contributed by atoms with Gasteiger partial charge in [-0.3, -0.25) is 15.4 Å². The number of hydrogen-bond acceptors (Lipinski definition) is 7. The van der Waals surface area contributed by atoms with Gasteiger partial charge in [0.2, 0.25) is 0 Å². The molecule has 2 aromatic heterocycles. The highest BCUT2D eigenvalue weighted by Gasteiger charge is 2.12. The first-order valence-corrected chi connectivity index (χ1v) is 10.5. The number of nitrogens with one attached hydrogen (secondary N) is 2. The van der Waals surface area contributed by atoms with Crippen molar-refractivity contribution in [1.29, 1.82) is 0 Å². The fourth-order valence-corrected chi connectivity index (χ4v) is 3.08. The van der Waals surface area contributed by atoms with E-state index in [1.54, 1.807) is 6.20 Å². The lowest BCUT2D eigenvalue weighted by atomic mass is 10.1. The van der Waals surface area contributed by atoms with Crippen molar-refractivity contribution in [3.63, 3.8) is 0 Å². The van der Waals surface area contributed by atoms with Gasteiger partial charge in [0.05, 0.1) is 24.1 Å². The van der Waals surface area contributed by atoms with E-state index in [4.69, 9.17) is 5.11 Å². The quantitative estimate of drug-likeness (QED) is 0.132. The Labute approximate surface area is 176 Å². The number of aliphatic hydroxyl groups excluding tert-OH is 1. The molecule has 0 fully saturated rings. The van der Waals surface area contributed by atoms with E-state index in [2.05, 4.69) is 15.6 Å². The molecule has 0 aliphatic heterocycles. The van der Waals surface area contributed by atoms with Crippen molar-refractivity contribution >= 4 is 17.3 Å². The van der Waals surface area contributed by atoms with Crippen molar-refractivity contribution < 1.29 is 14.8 Å². The average molecular weight is 418 g/mol. The molecule has 0 bridgehead atoms. The van der Waals surface area contributed by atoms with Gasteiger partial charge < -0.3 is 15.6 Å². The minimum atomic E-state index is -0.506. The first-order chi connectivity index (χ1) is 14.6. The molecule has 0 saturated heterocycles. The van der Waals surface area contributed by atoms with E-state index in [0.717, 1.165) is 49.8 Å². The van der Waals surface area contributed by atoms with Gasteiger partial charge in [-0.15, -0.1) is 0 Å². The van der Waals surface area contributed by atoms with Crippen LogP contribution in [-0.4, -0.2) is 28.1 Å². The van der Waals surface area contributed by atoms with Crippen LogP contribution in [0.5, 0.6) is 0 Å². The highest BCUT2D eigenvalue weighted by Crippen LogP contribution is 2.14. The number of aliphatic hydroxyl groups is 1. The topological polar surface area (TPSA) is 127 Å². The number of pyridine rings is 2. The van der Waals surface area contributed by atoms with E-state index in [-0.39, 0.29) is 18.1 Å². The molecule has 0 aliphatic carbocycles. The monoisotopic (exact) mass is 417 g/mol. The Balaban J connectivity index is 1.43. The van der Waals surface area contributed by atoms with E-state index in [0.29, 0.717) is 11.3 Å². The molecule has 2 heterocycles. The second-order valence-corrected chi connectivity index (χ2v) is 7.24. The van der Waals surface area contributed by atoms with Gasteiger partial charge >= 0.3 is 0 Å². The van der Waals surface area contributed by atoms with Gasteiger partial charge in [0.15, 0.2) is 0 Å². The maximum Gasteiger partial charge on any atom is 0.284 e. The summed E-state index contributed by atoms with van der Waals surface area (Å²) in [5.41, 5.74) is 0.727. The van der Waals surface area contributed by atoms with Gasteiger partial charge in [-0.2, -0.15) is 0 Å². The van der Waals surface area contributed by atoms with Crippen molar-refractivity contribution in [2.45, 2.75) is 58.0 Å². The number of hydrogen-bond donors (Lipinski definition) is 3. The van der Waals surface area contributed by atoms with Crippen LogP contribution in [-0.2, 0) is 6.61 Å². The summed E-state index contributed by atoms with van der Waals surface area (Å²) >= 11 is 0. The minimum Gasteiger partial charge on any atom is -0.711 e. The van der Waals surface area contributed by atoms with Crippen molar-refractivity contribution in [1.82, 2.24) is 4.98 Å². The lowest BCUT2D eigenvalue weighted by molar-refractivity contribution is -0.591. The average Bonchev–Trinajstić information content (AvgIpc) is 2.75. The van der Waals surface area contributed by atoms with Crippen LogP contribution >= 0.6 is 0 Å². The Morgan fingerprint density at radius 1 is 0.967 bits per heavy atom. The van der Waals surface area contributed by atoms with E-state index in [1.807, 2.05) is 12.1 Å². The molecule has 3 N–H and O–H groups in total. The summed E-state index contributed by atoms with van der Waals surface area (Å²) in [5.74, 6) is 1.06. The van der Waals surface area contributed by atoms with Gasteiger partial charge in [-0.1, -0.05) is 38.2 Å². The van der Waals surface area contributed by atoms with Crippen LogP contribution < -0.4 is 15.4 Å². The number of nitro groups is 1. The Bertz CT molecular complexity index is 770. The molecule has 0 saturated carbocycles. The molecule has 0 aliphatic rings. The normalized spacial score (nSPS) is 10.7. The van der Waals surface area contributed by atoms with Crippen molar-refractivity contribution in [3.05, 3.63) is 57.5 Å². The molecule has 9 nitrogen and oxygen atoms in total. The summed E-state index contributed by atoms with van der Waals surface area (Å²) in [6.07, 6.45) is 11.9. The number of nitrogens with zero attached hydrogens (tertiary/aromatic N) is 3. The van der Waals surface area contributed by atoms with Crippen LogP contribution in [0.1, 0.15) is 56.9 Å². The molecule has 30 heavy (non-hydrogen) atoms. The van der Waals surface area contributed by atoms with Gasteiger partial charge in [0, 0.05) is 12.7 Å². The van der Waals surface area contributed by atoms with Crippen LogP contribution in [0.4, 0.5) is 17.3 Å². The van der Waals surface area contributed by atoms with E-state index >= 15 is 0 Å². The fraction of sp³-hybridized carbons (Fsp3) is 0.524. The molecule has 2 aromatic rings. The van der Waals surface area contributed by atoms with Gasteiger partial charge in [0.25, 0.3) is 11.5 Å². The number of anilines is 2. The van der Waals surface area contributed by atoms with Crippen LogP contribution in [0.2, 0.25) is 0 Å². The first kappa shape index (κ1) is 23.3. The molecule has 0 unspecified atom stereocenters. The Morgan fingerprint density at radius 2 is 1.60 bits per heavy atom. The first-order valence-electron chi connectivity index (χ1n) is 10.5. The SMILES string of the molecule is O=[N+]([O-])c1cc[n+]([O-])c(NCCCCCCCCCCNc2ccc(CO)cn2)c1. The van der Waals surface area contributed by atoms with Crippen LogP contribution in [0.25, 0.3) is 0 Å². The highest BCUT2D eigenvalue weighted by molar-refractivity contribution is 5.40. The fourth-order valence-electron chi connectivity index (χ4n) is 3.08. The largest absolute Gasteiger partial charge is 0.711 e. The summed E-state index contributed by atoms with van der Waals surface area (Å²) in [6.45, 7) is 1.54. The van der Waals surface area contributed by atoms with Crippen LogP contribution in [0, 0.1) is 15.3 Å². The van der Waals surface area contributed by atoms with Gasteiger partial charge in [-0.05, 0) is 30.9 Å². The Hall–Kier alpha value is -2.94. The third-order valence-electron chi connectivity index (χ3n) is 4.84. The zero-order valence-electron chi connectivity index (χ0n) is 17.3. The van der Waals surface area contributed by atoms with Crippen LogP contribution in [0.15, 0.2) is 36.7 Å². The smallest absolute Gasteiger partial charge is 0.284 e. The van der Waals surface area contributed by atoms with Crippen molar-refractivity contribution in [2.75, 3.05) is 23.7 Å². The van der Waals surface area contributed by atoms with Crippen molar-refractivity contribution in [2.24, 2.45) is 0 Å². The zero-order valence-corrected chi connectivity index (χ0v) is 17.3. The molecule has 0 spiro atoms. The number of unbranched alkanes of at least 4 members (excludes halogenated alkanes) is 7. The van der Waals surface area contributed by atoms with Crippen LogP contribution in [0.3, 0.4) is 0 Å². The molecule has 2 rings (SSSR count). The highest BCUT2D eigenvalue weighted by atomic mass is 16.6. The Kier molecular flexibility index (Phi) is 10.4. The second-order valence-electron chi connectivity index (χ2n) is 7.24. The predicted molar refractivity (Wildman–Crippen MR) is 116 cm³/mol. The predicted octanol–water partition coefficient (Wildman–Crippen LogP) is 3.76. The summed E-state index contributed by atoms with van der Waals surface area (Å²) in [7, 11) is 0. The summed E-state index contributed by atoms with van der Waals surface area (Å²) in [6, 6.07) is 6.21. The van der Waals surface area contributed by atoms with Gasteiger partial charge in [-0.25, -0.2) is 9.71 Å². The summed E-state index contributed by atoms with van der Waals surface area (Å²) < 4.78 is 0.613. The third kappa shape index (κ3) is 8.60. The third-order valence-corrected chi connectivity index (χ3v) is 4.84. The van der Waals surface area contributed by atoms with Crippen molar-refractivity contribution in [3.8, 4) is 0 Å². The van der Waals surface area contributed by atoms with E-state index < -0.39 is 4.92 Å². The second kappa shape index (κ2) is 13.3. The zero-order chi connectivity index (χ0) is 21.6. The maximum absolute atomic E-state index is 11.6. The minimum absolute atomic E-state index is 0.0156. The summed E-state index contributed by atoms with van der Waals surface area (Å²) in [4.78, 5) is 14.5. The molecule has 9 heteroatoms. The lowest BCUT2D eigenvalue weighted by Gasteiger charge is -2.08. The van der Waals surface area contributed by atoms with E-state index in [1.165, 1.54) is 37.8 Å². The maximum atomic E-state index is 11.6. The summed E-state index contributed by atoms with van der Waals surface area (Å²) in [5, 5.41) is 37.6. The standard InChI is InChI=1S/C21H31N5O4/c27-17-18-9-10-20(24-16-18)22-12-7-5-3-1-2-4-6-8-13-23-21-15-19(26(29)30)11-14-25(21)28/h9-11,14-16,23,27H,1-8,12-13,17H2,(H,22,24). The molecular weight excluding hydrogens is 386 g/mol. The molecule has 0 aromatic carbocycles. The molecule has 0 atom stereocenters. The number of rotatable bonds is 15. The lowest BCUT2D eigenvalue weighted by Crippen LogP contribution is -2.30. The molecule has 0 amide bonds. The van der Waals surface area contributed by atoms with E-state index in [9.17, 15) is 15.3 Å². The molecule has 0 radical (unpaired) electrons. The molecular formula is C21H31N5O4. The Morgan fingerprint density at radius 3 is 2.17 bits per heavy atom. The molecule has 164 valence electrons.